The average molecular weight is 261 g/mol. The van der Waals surface area contributed by atoms with Crippen LogP contribution in [0.1, 0.15) is 29.3 Å². The van der Waals surface area contributed by atoms with Crippen molar-refractivity contribution in [3.05, 3.63) is 35.4 Å². The highest BCUT2D eigenvalue weighted by atomic mass is 19.4. The van der Waals surface area contributed by atoms with Crippen molar-refractivity contribution in [2.75, 3.05) is 6.54 Å². The third-order valence-electron chi connectivity index (χ3n) is 2.44. The maximum Gasteiger partial charge on any atom is 0.416 e. The van der Waals surface area contributed by atoms with Gasteiger partial charge in [-0.3, -0.25) is 4.79 Å². The zero-order valence-corrected chi connectivity index (χ0v) is 9.79. The summed E-state index contributed by atoms with van der Waals surface area (Å²) >= 11 is 0. The van der Waals surface area contributed by atoms with E-state index in [1.807, 2.05) is 0 Å². The molecule has 1 amide bonds. The molecule has 18 heavy (non-hydrogen) atoms. The molecule has 1 aromatic rings. The summed E-state index contributed by atoms with van der Waals surface area (Å²) in [5, 5.41) is 11.7. The summed E-state index contributed by atoms with van der Waals surface area (Å²) in [6.07, 6.45) is -4.57. The molecule has 0 aliphatic carbocycles. The monoisotopic (exact) mass is 261 g/mol. The predicted molar refractivity (Wildman–Crippen MR) is 60.1 cm³/mol. The van der Waals surface area contributed by atoms with Crippen LogP contribution in [0.15, 0.2) is 24.3 Å². The molecule has 3 nitrogen and oxygen atoms in total. The number of carbonyl (C=O) groups excluding carboxylic acids is 1. The van der Waals surface area contributed by atoms with Crippen LogP contribution in [0.4, 0.5) is 13.2 Å². The first kappa shape index (κ1) is 14.5. The lowest BCUT2D eigenvalue weighted by Gasteiger charge is -2.10. The highest BCUT2D eigenvalue weighted by molar-refractivity contribution is 5.94. The first-order valence-corrected chi connectivity index (χ1v) is 5.48. The van der Waals surface area contributed by atoms with Crippen molar-refractivity contribution in [2.24, 2.45) is 0 Å². The molecule has 2 N–H and O–H groups in total. The Balaban J connectivity index is 2.65. The maximum atomic E-state index is 12.3. The van der Waals surface area contributed by atoms with Crippen LogP contribution in [0, 0.1) is 0 Å². The van der Waals surface area contributed by atoms with Gasteiger partial charge in [0.15, 0.2) is 0 Å². The third-order valence-corrected chi connectivity index (χ3v) is 2.44. The zero-order chi connectivity index (χ0) is 13.8. The first-order valence-electron chi connectivity index (χ1n) is 5.48. The Kier molecular flexibility index (Phi) is 4.72. The molecule has 0 saturated carbocycles. The van der Waals surface area contributed by atoms with Crippen LogP contribution in [-0.4, -0.2) is 23.7 Å². The van der Waals surface area contributed by atoms with Gasteiger partial charge in [-0.2, -0.15) is 13.2 Å². The van der Waals surface area contributed by atoms with Gasteiger partial charge in [0.1, 0.15) is 0 Å². The van der Waals surface area contributed by atoms with E-state index in [2.05, 4.69) is 5.32 Å². The fourth-order valence-corrected chi connectivity index (χ4v) is 1.27. The molecule has 100 valence electrons. The Hall–Kier alpha value is -1.56. The highest BCUT2D eigenvalue weighted by Crippen LogP contribution is 2.28. The smallest absolute Gasteiger partial charge is 0.391 e. The lowest BCUT2D eigenvalue weighted by molar-refractivity contribution is -0.137. The number of nitrogens with one attached hydrogen (secondary N) is 1. The molecule has 0 aromatic heterocycles. The van der Waals surface area contributed by atoms with E-state index in [-0.39, 0.29) is 12.1 Å². The molecule has 0 heterocycles. The molecular weight excluding hydrogens is 247 g/mol. The Bertz CT molecular complexity index is 401. The molecule has 0 fully saturated rings. The number of aliphatic hydroxyl groups is 1. The Morgan fingerprint density at radius 2 is 1.89 bits per heavy atom. The van der Waals surface area contributed by atoms with E-state index < -0.39 is 23.8 Å². The number of rotatable bonds is 4. The quantitative estimate of drug-likeness (QED) is 0.873. The Labute approximate surface area is 103 Å². The van der Waals surface area contributed by atoms with Crippen LogP contribution in [-0.2, 0) is 6.18 Å². The SMILES string of the molecule is CCC(O)CNC(=O)c1ccc(C(F)(F)F)cc1. The fraction of sp³-hybridized carbons (Fsp3) is 0.417. The molecule has 1 aromatic carbocycles. The molecule has 1 atom stereocenters. The number of benzene rings is 1. The predicted octanol–water partition coefficient (Wildman–Crippen LogP) is 2.21. The minimum absolute atomic E-state index is 0.0797. The molecule has 0 aliphatic heterocycles. The van der Waals surface area contributed by atoms with Crippen LogP contribution < -0.4 is 5.32 Å². The Morgan fingerprint density at radius 3 is 2.33 bits per heavy atom. The number of hydrogen-bond donors (Lipinski definition) is 2. The van der Waals surface area contributed by atoms with Crippen LogP contribution in [0.5, 0.6) is 0 Å². The lowest BCUT2D eigenvalue weighted by atomic mass is 10.1. The number of alkyl halides is 3. The number of amides is 1. The average Bonchev–Trinajstić information content (AvgIpc) is 2.34. The summed E-state index contributed by atoms with van der Waals surface area (Å²) in [6.45, 7) is 1.84. The van der Waals surface area contributed by atoms with Crippen molar-refractivity contribution in [2.45, 2.75) is 25.6 Å². The van der Waals surface area contributed by atoms with Crippen molar-refractivity contribution in [1.29, 1.82) is 0 Å². The molecule has 0 bridgehead atoms. The van der Waals surface area contributed by atoms with E-state index in [1.54, 1.807) is 6.92 Å². The summed E-state index contributed by atoms with van der Waals surface area (Å²) in [5.41, 5.74) is -0.668. The third kappa shape index (κ3) is 4.03. The summed E-state index contributed by atoms with van der Waals surface area (Å²) < 4.78 is 36.9. The molecule has 1 rings (SSSR count). The second kappa shape index (κ2) is 5.86. The molecule has 1 unspecified atom stereocenters. The van der Waals surface area contributed by atoms with Gasteiger partial charge in [0, 0.05) is 12.1 Å². The molecule has 6 heteroatoms. The van der Waals surface area contributed by atoms with Crippen LogP contribution in [0.3, 0.4) is 0 Å². The van der Waals surface area contributed by atoms with Gasteiger partial charge in [0.25, 0.3) is 5.91 Å². The summed E-state index contributed by atoms with van der Waals surface area (Å²) in [7, 11) is 0. The van der Waals surface area contributed by atoms with Crippen molar-refractivity contribution in [3.8, 4) is 0 Å². The van der Waals surface area contributed by atoms with E-state index in [0.29, 0.717) is 6.42 Å². The number of hydrogen-bond acceptors (Lipinski definition) is 2. The van der Waals surface area contributed by atoms with E-state index in [0.717, 1.165) is 24.3 Å². The summed E-state index contributed by atoms with van der Waals surface area (Å²) in [4.78, 5) is 11.5. The topological polar surface area (TPSA) is 49.3 Å². The number of carbonyl (C=O) groups is 1. The van der Waals surface area contributed by atoms with E-state index in [1.165, 1.54) is 0 Å². The molecule has 0 spiro atoms. The molecule has 0 saturated heterocycles. The maximum absolute atomic E-state index is 12.3. The van der Waals surface area contributed by atoms with Gasteiger partial charge in [-0.25, -0.2) is 0 Å². The van der Waals surface area contributed by atoms with E-state index in [4.69, 9.17) is 0 Å². The number of aliphatic hydroxyl groups excluding tert-OH is 1. The molecule has 0 radical (unpaired) electrons. The van der Waals surface area contributed by atoms with Gasteiger partial charge in [-0.05, 0) is 30.7 Å². The van der Waals surface area contributed by atoms with Crippen molar-refractivity contribution in [3.63, 3.8) is 0 Å². The van der Waals surface area contributed by atoms with Crippen LogP contribution >= 0.6 is 0 Å². The number of halogens is 3. The fourth-order valence-electron chi connectivity index (χ4n) is 1.27. The van der Waals surface area contributed by atoms with Crippen molar-refractivity contribution < 1.29 is 23.1 Å². The van der Waals surface area contributed by atoms with Crippen molar-refractivity contribution >= 4 is 5.91 Å². The van der Waals surface area contributed by atoms with Gasteiger partial charge >= 0.3 is 6.18 Å². The second-order valence-electron chi connectivity index (χ2n) is 3.85. The molecular formula is C12H14F3NO2. The zero-order valence-electron chi connectivity index (χ0n) is 9.79. The minimum atomic E-state index is -4.41. The Morgan fingerprint density at radius 1 is 1.33 bits per heavy atom. The van der Waals surface area contributed by atoms with Gasteiger partial charge in [-0.1, -0.05) is 6.92 Å². The van der Waals surface area contributed by atoms with Gasteiger partial charge in [-0.15, -0.1) is 0 Å². The van der Waals surface area contributed by atoms with E-state index in [9.17, 15) is 23.1 Å². The normalized spacial score (nSPS) is 13.2. The van der Waals surface area contributed by atoms with Gasteiger partial charge in [0.05, 0.1) is 11.7 Å². The standard InChI is InChI=1S/C12H14F3NO2/c1-2-10(17)7-16-11(18)8-3-5-9(6-4-8)12(13,14)15/h3-6,10,17H,2,7H2,1H3,(H,16,18). The van der Waals surface area contributed by atoms with Gasteiger partial charge < -0.3 is 10.4 Å². The second-order valence-corrected chi connectivity index (χ2v) is 3.85. The minimum Gasteiger partial charge on any atom is -0.391 e. The van der Waals surface area contributed by atoms with E-state index >= 15 is 0 Å². The first-order chi connectivity index (χ1) is 8.34. The van der Waals surface area contributed by atoms with Crippen LogP contribution in [0.25, 0.3) is 0 Å². The summed E-state index contributed by atoms with van der Waals surface area (Å²) in [5.74, 6) is -0.503. The highest BCUT2D eigenvalue weighted by Gasteiger charge is 2.30. The summed E-state index contributed by atoms with van der Waals surface area (Å²) in [6, 6.07) is 3.92. The van der Waals surface area contributed by atoms with Crippen molar-refractivity contribution in [1.82, 2.24) is 5.32 Å². The van der Waals surface area contributed by atoms with Gasteiger partial charge in [0.2, 0.25) is 0 Å². The van der Waals surface area contributed by atoms with Crippen LogP contribution in [0.2, 0.25) is 0 Å². The molecule has 0 aliphatic rings. The lowest BCUT2D eigenvalue weighted by Crippen LogP contribution is -2.31. The largest absolute Gasteiger partial charge is 0.416 e.